The van der Waals surface area contributed by atoms with Crippen LogP contribution in [0.2, 0.25) is 5.02 Å². The van der Waals surface area contributed by atoms with Gasteiger partial charge in [-0.25, -0.2) is 9.37 Å². The molecule has 8 nitrogen and oxygen atoms in total. The van der Waals surface area contributed by atoms with E-state index in [-0.39, 0.29) is 41.7 Å². The fourth-order valence-electron chi connectivity index (χ4n) is 3.46. The number of halogens is 2. The summed E-state index contributed by atoms with van der Waals surface area (Å²) in [7, 11) is 0. The van der Waals surface area contributed by atoms with Crippen LogP contribution in [0, 0.1) is 21.8 Å². The molecule has 1 aromatic carbocycles. The molecular formula is C18H22ClFN6O2. The van der Waals surface area contributed by atoms with E-state index in [9.17, 15) is 14.5 Å². The molecule has 0 bridgehead atoms. The third-order valence-corrected chi connectivity index (χ3v) is 5.22. The Morgan fingerprint density at radius 1 is 1.29 bits per heavy atom. The van der Waals surface area contributed by atoms with Crippen LogP contribution in [0.25, 0.3) is 0 Å². The van der Waals surface area contributed by atoms with Crippen molar-refractivity contribution in [3.63, 3.8) is 0 Å². The zero-order valence-corrected chi connectivity index (χ0v) is 16.0. The fraction of sp³-hybridized carbons (Fsp3) is 0.444. The number of hydrogen-bond acceptors (Lipinski definition) is 7. The monoisotopic (exact) mass is 408 g/mol. The SMILES string of the molecule is Nc1nc(NCc2cc(Cl)ccc2F)nc(CC2CCC(N)CC2)c1[N+](=O)[O-]. The van der Waals surface area contributed by atoms with Crippen LogP contribution in [-0.2, 0) is 13.0 Å². The molecule has 1 aromatic heterocycles. The van der Waals surface area contributed by atoms with Crippen LogP contribution in [0.15, 0.2) is 18.2 Å². The Hall–Kier alpha value is -2.52. The number of nitrogens with zero attached hydrogens (tertiary/aromatic N) is 3. The van der Waals surface area contributed by atoms with Gasteiger partial charge in [-0.3, -0.25) is 10.1 Å². The zero-order valence-electron chi connectivity index (χ0n) is 15.2. The zero-order chi connectivity index (χ0) is 20.3. The first-order valence-corrected chi connectivity index (χ1v) is 9.45. The number of anilines is 2. The Bertz CT molecular complexity index is 873. The first-order chi connectivity index (χ1) is 13.3. The second kappa shape index (κ2) is 8.66. The first-order valence-electron chi connectivity index (χ1n) is 9.07. The number of nitrogens with two attached hydrogens (primary N) is 2. The van der Waals surface area contributed by atoms with Crippen LogP contribution >= 0.6 is 11.6 Å². The van der Waals surface area contributed by atoms with Crippen LogP contribution in [-0.4, -0.2) is 20.9 Å². The Labute approximate surface area is 166 Å². The quantitative estimate of drug-likeness (QED) is 0.492. The highest BCUT2D eigenvalue weighted by molar-refractivity contribution is 6.30. The van der Waals surface area contributed by atoms with E-state index < -0.39 is 10.7 Å². The van der Waals surface area contributed by atoms with Gasteiger partial charge < -0.3 is 16.8 Å². The molecule has 0 radical (unpaired) electrons. The number of rotatable bonds is 6. The van der Waals surface area contributed by atoms with Gasteiger partial charge in [0.05, 0.1) is 4.92 Å². The summed E-state index contributed by atoms with van der Waals surface area (Å²) in [6.07, 6.45) is 3.98. The Kier molecular flexibility index (Phi) is 6.25. The van der Waals surface area contributed by atoms with Crippen molar-refractivity contribution in [1.29, 1.82) is 0 Å². The van der Waals surface area contributed by atoms with E-state index in [4.69, 9.17) is 23.1 Å². The molecule has 0 spiro atoms. The van der Waals surface area contributed by atoms with Gasteiger partial charge in [0.2, 0.25) is 11.8 Å². The Morgan fingerprint density at radius 3 is 2.68 bits per heavy atom. The number of nitrogens with one attached hydrogen (secondary N) is 1. The fourth-order valence-corrected chi connectivity index (χ4v) is 3.65. The van der Waals surface area contributed by atoms with Crippen LogP contribution in [0.1, 0.15) is 36.9 Å². The third-order valence-electron chi connectivity index (χ3n) is 4.98. The lowest BCUT2D eigenvalue weighted by Gasteiger charge is -2.25. The summed E-state index contributed by atoms with van der Waals surface area (Å²) >= 11 is 5.89. The second-order valence-electron chi connectivity index (χ2n) is 7.06. The maximum atomic E-state index is 13.9. The lowest BCUT2D eigenvalue weighted by molar-refractivity contribution is -0.385. The number of nitro groups is 1. The van der Waals surface area contributed by atoms with Crippen LogP contribution < -0.4 is 16.8 Å². The van der Waals surface area contributed by atoms with E-state index in [0.717, 1.165) is 25.7 Å². The molecule has 1 fully saturated rings. The lowest BCUT2D eigenvalue weighted by atomic mass is 9.83. The third kappa shape index (κ3) is 4.85. The molecule has 0 aliphatic heterocycles. The summed E-state index contributed by atoms with van der Waals surface area (Å²) in [4.78, 5) is 19.2. The van der Waals surface area contributed by atoms with E-state index in [1.54, 1.807) is 0 Å². The van der Waals surface area contributed by atoms with Gasteiger partial charge in [0.15, 0.2) is 0 Å². The molecule has 3 rings (SSSR count). The molecule has 2 aromatic rings. The molecule has 10 heteroatoms. The van der Waals surface area contributed by atoms with Crippen molar-refractivity contribution in [3.8, 4) is 0 Å². The Balaban J connectivity index is 1.81. The topological polar surface area (TPSA) is 133 Å². The van der Waals surface area contributed by atoms with Crippen molar-refractivity contribution < 1.29 is 9.31 Å². The second-order valence-corrected chi connectivity index (χ2v) is 7.50. The number of aromatic nitrogens is 2. The van der Waals surface area contributed by atoms with Crippen LogP contribution in [0.4, 0.5) is 21.8 Å². The standard InChI is InChI=1S/C18H22ClFN6O2/c19-12-3-6-14(20)11(8-12)9-23-18-24-15(16(26(27)28)17(22)25-18)7-10-1-4-13(21)5-2-10/h3,6,8,10,13H,1-2,4-5,7,9,21H2,(H3,22,23,24,25). The summed E-state index contributed by atoms with van der Waals surface area (Å²) in [5, 5.41) is 14.7. The molecule has 28 heavy (non-hydrogen) atoms. The van der Waals surface area contributed by atoms with E-state index in [1.807, 2.05) is 0 Å². The van der Waals surface area contributed by atoms with Gasteiger partial charge in [0.1, 0.15) is 11.5 Å². The van der Waals surface area contributed by atoms with Crippen molar-refractivity contribution >= 4 is 29.1 Å². The average molecular weight is 409 g/mol. The molecule has 1 aliphatic carbocycles. The van der Waals surface area contributed by atoms with Gasteiger partial charge >= 0.3 is 5.69 Å². The van der Waals surface area contributed by atoms with Crippen molar-refractivity contribution in [2.45, 2.75) is 44.7 Å². The summed E-state index contributed by atoms with van der Waals surface area (Å²) in [5.41, 5.74) is 12.1. The van der Waals surface area contributed by atoms with E-state index in [1.165, 1.54) is 18.2 Å². The molecular weight excluding hydrogens is 387 g/mol. The summed E-state index contributed by atoms with van der Waals surface area (Å²) in [5.74, 6) is -0.266. The molecule has 0 atom stereocenters. The highest BCUT2D eigenvalue weighted by atomic mass is 35.5. The van der Waals surface area contributed by atoms with Crippen LogP contribution in [0.3, 0.4) is 0 Å². The number of hydrogen-bond donors (Lipinski definition) is 3. The van der Waals surface area contributed by atoms with Gasteiger partial charge in [0, 0.05) is 23.2 Å². The van der Waals surface area contributed by atoms with Crippen molar-refractivity contribution in [1.82, 2.24) is 9.97 Å². The molecule has 1 aliphatic rings. The van der Waals surface area contributed by atoms with E-state index in [2.05, 4.69) is 15.3 Å². The largest absolute Gasteiger partial charge is 0.378 e. The van der Waals surface area contributed by atoms with Crippen LogP contribution in [0.5, 0.6) is 0 Å². The highest BCUT2D eigenvalue weighted by Gasteiger charge is 2.27. The van der Waals surface area contributed by atoms with Gasteiger partial charge in [-0.2, -0.15) is 4.98 Å². The van der Waals surface area contributed by atoms with Crippen molar-refractivity contribution in [2.24, 2.45) is 11.7 Å². The van der Waals surface area contributed by atoms with Crippen molar-refractivity contribution in [2.75, 3.05) is 11.1 Å². The summed E-state index contributed by atoms with van der Waals surface area (Å²) < 4.78 is 13.9. The average Bonchev–Trinajstić information content (AvgIpc) is 2.63. The van der Waals surface area contributed by atoms with Gasteiger partial charge in [-0.1, -0.05) is 11.6 Å². The highest BCUT2D eigenvalue weighted by Crippen LogP contribution is 2.32. The molecule has 1 heterocycles. The van der Waals surface area contributed by atoms with E-state index in [0.29, 0.717) is 17.0 Å². The number of benzene rings is 1. The smallest absolute Gasteiger partial charge is 0.332 e. The molecule has 5 N–H and O–H groups in total. The van der Waals surface area contributed by atoms with Gasteiger partial charge in [-0.15, -0.1) is 0 Å². The lowest BCUT2D eigenvalue weighted by Crippen LogP contribution is -2.27. The summed E-state index contributed by atoms with van der Waals surface area (Å²) in [6, 6.07) is 4.40. The Morgan fingerprint density at radius 2 is 2.00 bits per heavy atom. The minimum atomic E-state index is -0.556. The molecule has 150 valence electrons. The summed E-state index contributed by atoms with van der Waals surface area (Å²) in [6.45, 7) is 0.0708. The van der Waals surface area contributed by atoms with Gasteiger partial charge in [0.25, 0.3) is 0 Å². The number of nitrogen functional groups attached to an aromatic ring is 1. The first kappa shape index (κ1) is 20.2. The molecule has 0 amide bonds. The minimum Gasteiger partial charge on any atom is -0.378 e. The predicted molar refractivity (Wildman–Crippen MR) is 105 cm³/mol. The maximum absolute atomic E-state index is 13.9. The minimum absolute atomic E-state index is 0.0708. The van der Waals surface area contributed by atoms with Gasteiger partial charge in [-0.05, 0) is 56.2 Å². The predicted octanol–water partition coefficient (Wildman–Crippen LogP) is 3.43. The van der Waals surface area contributed by atoms with E-state index >= 15 is 0 Å². The van der Waals surface area contributed by atoms with Crippen molar-refractivity contribution in [3.05, 3.63) is 50.4 Å². The maximum Gasteiger partial charge on any atom is 0.332 e. The molecule has 0 unspecified atom stereocenters. The molecule has 0 saturated heterocycles. The molecule has 1 saturated carbocycles. The normalized spacial score (nSPS) is 19.4.